The SMILES string of the molecule is CC(C)=CCC[C@](C)(O[C@@H]1O[C@H](CO[C@@H]2OC[C@@H](O)[C@H](O)[C@H]2O)[C@@H](O)[C@H](O)[C@H]1O)[C@H]1CC[C@]2(C)[C@@H]1CC[C@@H]1[C@@]3(C=O)CCC(O[C@@H]4O[C@H](CO)[C@@H](O)[C@H](O)[C@H]4O[C@@H]4O[C@H](CO)[C@@H](O)[C@H](O)[C@H]4O)C(C)(C)[C@@H]3CC[C@]12C. The van der Waals surface area contributed by atoms with Gasteiger partial charge in [0.25, 0.3) is 0 Å². The maximum atomic E-state index is 14.1. The fourth-order valence-electron chi connectivity index (χ4n) is 15.8. The second kappa shape index (κ2) is 22.8. The summed E-state index contributed by atoms with van der Waals surface area (Å²) in [7, 11) is 0. The molecule has 0 amide bonds. The van der Waals surface area contributed by atoms with Gasteiger partial charge in [-0.25, -0.2) is 0 Å². The topological polar surface area (TPSA) is 354 Å². The summed E-state index contributed by atoms with van der Waals surface area (Å²) in [6.07, 6.45) is -20.1. The third-order valence-corrected chi connectivity index (χ3v) is 20.3. The Kier molecular flexibility index (Phi) is 18.2. The molecule has 0 bridgehead atoms. The third kappa shape index (κ3) is 10.5. The van der Waals surface area contributed by atoms with Gasteiger partial charge in [0.05, 0.1) is 38.1 Å². The molecule has 1 unspecified atom stereocenters. The van der Waals surface area contributed by atoms with Crippen LogP contribution in [0, 0.1) is 45.3 Å². The molecule has 0 spiro atoms. The maximum absolute atomic E-state index is 14.1. The number of rotatable bonds is 16. The summed E-state index contributed by atoms with van der Waals surface area (Å²) in [5.41, 5.74) is -1.88. The Hall–Kier alpha value is -1.43. The number of carbonyl (C=O) groups is 1. The van der Waals surface area contributed by atoms with E-state index in [0.717, 1.165) is 37.7 Å². The molecule has 8 fully saturated rings. The molecular formula is C53H88O22. The van der Waals surface area contributed by atoms with Gasteiger partial charge in [-0.1, -0.05) is 39.3 Å². The number of ether oxygens (including phenoxy) is 8. The first-order valence-electron chi connectivity index (χ1n) is 27.2. The van der Waals surface area contributed by atoms with Crippen molar-refractivity contribution in [2.75, 3.05) is 26.4 Å². The molecule has 8 rings (SSSR count). The van der Waals surface area contributed by atoms with Crippen molar-refractivity contribution in [1.82, 2.24) is 0 Å². The van der Waals surface area contributed by atoms with E-state index in [2.05, 4.69) is 33.8 Å². The van der Waals surface area contributed by atoms with Crippen LogP contribution >= 0.6 is 0 Å². The number of hydrogen-bond donors (Lipinski definition) is 13. The van der Waals surface area contributed by atoms with Crippen molar-refractivity contribution in [1.29, 1.82) is 0 Å². The van der Waals surface area contributed by atoms with Gasteiger partial charge in [0.1, 0.15) is 97.8 Å². The number of carbonyl (C=O) groups excluding carboxylic acids is 1. The molecule has 4 aliphatic carbocycles. The number of aliphatic hydroxyl groups excluding tert-OH is 13. The molecule has 4 heterocycles. The van der Waals surface area contributed by atoms with Crippen LogP contribution in [0.5, 0.6) is 0 Å². The molecule has 0 aromatic heterocycles. The zero-order valence-electron chi connectivity index (χ0n) is 44.4. The van der Waals surface area contributed by atoms with Crippen molar-refractivity contribution in [2.24, 2.45) is 45.3 Å². The first kappa shape index (κ1) is 59.7. The van der Waals surface area contributed by atoms with Crippen LogP contribution in [0.15, 0.2) is 11.6 Å². The van der Waals surface area contributed by atoms with Gasteiger partial charge in [0.15, 0.2) is 25.2 Å². The van der Waals surface area contributed by atoms with Crippen LogP contribution in [-0.4, -0.2) is 228 Å². The molecule has 4 saturated carbocycles. The Morgan fingerprint density at radius 3 is 1.84 bits per heavy atom. The Bertz CT molecular complexity index is 1960. The van der Waals surface area contributed by atoms with E-state index < -0.39 is 159 Å². The average molecular weight is 1080 g/mol. The van der Waals surface area contributed by atoms with Crippen molar-refractivity contribution in [3.05, 3.63) is 11.6 Å². The van der Waals surface area contributed by atoms with E-state index in [0.29, 0.717) is 32.1 Å². The lowest BCUT2D eigenvalue weighted by Crippen LogP contribution is -2.67. The minimum Gasteiger partial charge on any atom is -0.394 e. The Morgan fingerprint density at radius 1 is 0.613 bits per heavy atom. The predicted molar refractivity (Wildman–Crippen MR) is 259 cm³/mol. The van der Waals surface area contributed by atoms with E-state index in [9.17, 15) is 71.2 Å². The molecule has 0 aromatic carbocycles. The second-order valence-corrected chi connectivity index (χ2v) is 24.9. The van der Waals surface area contributed by atoms with E-state index in [1.807, 2.05) is 20.8 Å². The zero-order valence-corrected chi connectivity index (χ0v) is 44.4. The van der Waals surface area contributed by atoms with Gasteiger partial charge in [0, 0.05) is 5.41 Å². The van der Waals surface area contributed by atoms with Crippen LogP contribution in [0.2, 0.25) is 0 Å². The summed E-state index contributed by atoms with van der Waals surface area (Å²) in [5.74, 6) is -0.161. The maximum Gasteiger partial charge on any atom is 0.187 e. The van der Waals surface area contributed by atoms with Crippen LogP contribution in [0.25, 0.3) is 0 Å². The molecule has 0 radical (unpaired) electrons. The standard InChI is InChI=1S/C53H88O22/c1-24(2)9-8-15-52(7,75-47-43(67)39(63)37(61)30(72-47)22-69-45-41(65)34(58)27(57)21-68-45)26-12-16-50(5)25(26)10-11-32-51(50,6)17-13-31-49(3,4)33(14-18-53(31,32)23-56)73-48-44(40(64)36(60)29(20-55)71-48)74-46-42(66)38(62)35(59)28(19-54)70-46/h9,23,25-48,54-55,57-67H,8,10-22H2,1-7H3/t25-,26+,27-,28-,29-,30-,31+,32+,33?,34+,35-,36-,37-,38+,39+,40+,41-,42-,43-,44-,45+,46+,47+,48+,50-,51-,52+,53-/m1/s1. The van der Waals surface area contributed by atoms with Gasteiger partial charge >= 0.3 is 0 Å². The van der Waals surface area contributed by atoms with E-state index in [4.69, 9.17) is 37.9 Å². The van der Waals surface area contributed by atoms with Gasteiger partial charge in [-0.15, -0.1) is 0 Å². The van der Waals surface area contributed by atoms with Gasteiger partial charge in [-0.05, 0) is 125 Å². The van der Waals surface area contributed by atoms with Crippen molar-refractivity contribution < 1.29 is 109 Å². The predicted octanol–water partition coefficient (Wildman–Crippen LogP) is -1.36. The van der Waals surface area contributed by atoms with Crippen molar-refractivity contribution in [3.8, 4) is 0 Å². The second-order valence-electron chi connectivity index (χ2n) is 24.9. The highest BCUT2D eigenvalue weighted by atomic mass is 16.8. The lowest BCUT2D eigenvalue weighted by molar-refractivity contribution is -0.378. The summed E-state index contributed by atoms with van der Waals surface area (Å²) < 4.78 is 48.7. The van der Waals surface area contributed by atoms with Gasteiger partial charge < -0.3 is 109 Å². The number of aliphatic hydroxyl groups is 13. The van der Waals surface area contributed by atoms with E-state index >= 15 is 0 Å². The molecule has 22 heteroatoms. The van der Waals surface area contributed by atoms with Crippen molar-refractivity contribution in [2.45, 2.75) is 241 Å². The molecule has 22 nitrogen and oxygen atoms in total. The fraction of sp³-hybridized carbons (Fsp3) is 0.943. The minimum absolute atomic E-state index is 0.0276. The highest BCUT2D eigenvalue weighted by Gasteiger charge is 2.71. The summed E-state index contributed by atoms with van der Waals surface area (Å²) in [4.78, 5) is 14.1. The van der Waals surface area contributed by atoms with Crippen LogP contribution in [-0.2, 0) is 42.7 Å². The number of allylic oxidation sites excluding steroid dienone is 2. The third-order valence-electron chi connectivity index (χ3n) is 20.3. The minimum atomic E-state index is -1.83. The van der Waals surface area contributed by atoms with Crippen LogP contribution < -0.4 is 0 Å². The molecule has 8 aliphatic rings. The lowest BCUT2D eigenvalue weighted by atomic mass is 9.35. The van der Waals surface area contributed by atoms with E-state index in [-0.39, 0.29) is 41.1 Å². The fourth-order valence-corrected chi connectivity index (χ4v) is 15.8. The Labute approximate surface area is 438 Å². The lowest BCUT2D eigenvalue weighted by Gasteiger charge is -2.69. The quantitative estimate of drug-likeness (QED) is 0.0483. The Morgan fingerprint density at radius 2 is 1.20 bits per heavy atom. The summed E-state index contributed by atoms with van der Waals surface area (Å²) >= 11 is 0. The number of fused-ring (bicyclic) bond motifs is 5. The molecule has 4 aliphatic heterocycles. The van der Waals surface area contributed by atoms with Gasteiger partial charge in [-0.3, -0.25) is 0 Å². The van der Waals surface area contributed by atoms with Crippen LogP contribution in [0.3, 0.4) is 0 Å². The summed E-state index contributed by atoms with van der Waals surface area (Å²) in [5, 5.41) is 138. The normalized spacial score (nSPS) is 51.7. The molecule has 0 aromatic rings. The van der Waals surface area contributed by atoms with Gasteiger partial charge in [0.2, 0.25) is 0 Å². The first-order valence-corrected chi connectivity index (χ1v) is 27.2. The molecule has 13 N–H and O–H groups in total. The van der Waals surface area contributed by atoms with Gasteiger partial charge in [-0.2, -0.15) is 0 Å². The monoisotopic (exact) mass is 1080 g/mol. The average Bonchev–Trinajstić information content (AvgIpc) is 3.74. The largest absolute Gasteiger partial charge is 0.394 e. The highest BCUT2D eigenvalue weighted by Crippen LogP contribution is 2.76. The summed E-state index contributed by atoms with van der Waals surface area (Å²) in [6.45, 7) is 12.7. The molecule has 75 heavy (non-hydrogen) atoms. The van der Waals surface area contributed by atoms with E-state index in [1.165, 1.54) is 6.29 Å². The smallest absolute Gasteiger partial charge is 0.187 e. The van der Waals surface area contributed by atoms with Crippen LogP contribution in [0.4, 0.5) is 0 Å². The molecular weight excluding hydrogens is 989 g/mol. The summed E-state index contributed by atoms with van der Waals surface area (Å²) in [6, 6.07) is 0. The number of hydrogen-bond acceptors (Lipinski definition) is 22. The van der Waals surface area contributed by atoms with E-state index in [1.54, 1.807) is 0 Å². The Balaban J connectivity index is 1.01. The van der Waals surface area contributed by atoms with Crippen molar-refractivity contribution in [3.63, 3.8) is 0 Å². The molecule has 432 valence electrons. The first-order chi connectivity index (χ1) is 35.2. The van der Waals surface area contributed by atoms with Crippen LogP contribution in [0.1, 0.15) is 113 Å². The number of aldehydes is 1. The molecule has 4 saturated heterocycles. The molecule has 28 atom stereocenters. The zero-order chi connectivity index (χ0) is 54.9. The highest BCUT2D eigenvalue weighted by molar-refractivity contribution is 5.62. The van der Waals surface area contributed by atoms with Crippen molar-refractivity contribution >= 4 is 6.29 Å².